The number of aliphatic hydroxyl groups is 1. The SMILES string of the molecule is CN=C/C(=C\N)Nc1ncc(C)c(-c2ccc(C(=O)NCCCO)cc2)n1. The van der Waals surface area contributed by atoms with Gasteiger partial charge in [0, 0.05) is 49.9 Å². The Balaban J connectivity index is 2.20. The molecule has 142 valence electrons. The summed E-state index contributed by atoms with van der Waals surface area (Å²) in [7, 11) is 1.65. The first-order chi connectivity index (χ1) is 13.1. The molecule has 0 atom stereocenters. The first-order valence-electron chi connectivity index (χ1n) is 8.53. The van der Waals surface area contributed by atoms with Gasteiger partial charge in [0.25, 0.3) is 5.91 Å². The Labute approximate surface area is 158 Å². The molecule has 0 bridgehead atoms. The highest BCUT2D eigenvalue weighted by Crippen LogP contribution is 2.22. The number of hydrogen-bond acceptors (Lipinski definition) is 7. The van der Waals surface area contributed by atoms with Gasteiger partial charge in [-0.1, -0.05) is 12.1 Å². The second-order valence-electron chi connectivity index (χ2n) is 5.77. The van der Waals surface area contributed by atoms with E-state index in [1.54, 1.807) is 31.6 Å². The first kappa shape index (κ1) is 20.1. The molecule has 0 spiro atoms. The van der Waals surface area contributed by atoms with Crippen LogP contribution in [0, 0.1) is 6.92 Å². The van der Waals surface area contributed by atoms with Crippen molar-refractivity contribution in [3.05, 3.63) is 53.5 Å². The fourth-order valence-corrected chi connectivity index (χ4v) is 2.34. The molecule has 0 aliphatic heterocycles. The summed E-state index contributed by atoms with van der Waals surface area (Å²) in [6.45, 7) is 2.41. The standard InChI is InChI=1S/C19H24N6O2/c1-13-11-23-19(24-16(10-20)12-21-2)25-17(13)14-4-6-15(7-5-14)18(27)22-8-3-9-26/h4-7,10-12,26H,3,8-9,20H2,1-2H3,(H,22,27)(H,23,24,25)/b16-10+,21-12?. The van der Waals surface area contributed by atoms with E-state index < -0.39 is 0 Å². The highest BCUT2D eigenvalue weighted by molar-refractivity contribution is 5.94. The molecule has 27 heavy (non-hydrogen) atoms. The van der Waals surface area contributed by atoms with Crippen molar-refractivity contribution >= 4 is 18.1 Å². The summed E-state index contributed by atoms with van der Waals surface area (Å²) >= 11 is 0. The topological polar surface area (TPSA) is 126 Å². The van der Waals surface area contributed by atoms with Crippen molar-refractivity contribution < 1.29 is 9.90 Å². The molecule has 1 heterocycles. The van der Waals surface area contributed by atoms with E-state index in [1.807, 2.05) is 19.1 Å². The third-order valence-electron chi connectivity index (χ3n) is 3.72. The molecular formula is C19H24N6O2. The van der Waals surface area contributed by atoms with E-state index in [-0.39, 0.29) is 12.5 Å². The number of nitrogens with zero attached hydrogens (tertiary/aromatic N) is 3. The van der Waals surface area contributed by atoms with Gasteiger partial charge in [-0.15, -0.1) is 0 Å². The fraction of sp³-hybridized carbons (Fsp3) is 0.263. The molecular weight excluding hydrogens is 344 g/mol. The Hall–Kier alpha value is -3.26. The van der Waals surface area contributed by atoms with Crippen LogP contribution in [-0.2, 0) is 0 Å². The zero-order valence-corrected chi connectivity index (χ0v) is 15.4. The normalized spacial score (nSPS) is 11.6. The van der Waals surface area contributed by atoms with Crippen LogP contribution in [0.2, 0.25) is 0 Å². The number of anilines is 1. The Bertz CT molecular complexity index is 831. The van der Waals surface area contributed by atoms with Crippen LogP contribution in [0.3, 0.4) is 0 Å². The van der Waals surface area contributed by atoms with E-state index in [1.165, 1.54) is 6.20 Å². The first-order valence-corrected chi connectivity index (χ1v) is 8.53. The number of amides is 1. The highest BCUT2D eigenvalue weighted by atomic mass is 16.3. The van der Waals surface area contributed by atoms with Crippen molar-refractivity contribution in [1.29, 1.82) is 0 Å². The summed E-state index contributed by atoms with van der Waals surface area (Å²) in [4.78, 5) is 24.8. The number of carbonyl (C=O) groups excluding carboxylic acids is 1. The highest BCUT2D eigenvalue weighted by Gasteiger charge is 2.10. The zero-order valence-electron chi connectivity index (χ0n) is 15.4. The minimum atomic E-state index is -0.173. The average molecular weight is 368 g/mol. The van der Waals surface area contributed by atoms with Crippen LogP contribution in [0.15, 0.2) is 47.4 Å². The van der Waals surface area contributed by atoms with Crippen molar-refractivity contribution in [3.8, 4) is 11.3 Å². The quantitative estimate of drug-likeness (QED) is 0.413. The van der Waals surface area contributed by atoms with E-state index in [4.69, 9.17) is 10.8 Å². The molecule has 0 saturated carbocycles. The van der Waals surface area contributed by atoms with Gasteiger partial charge in [0.15, 0.2) is 0 Å². The van der Waals surface area contributed by atoms with Crippen LogP contribution in [0.5, 0.6) is 0 Å². The van der Waals surface area contributed by atoms with Gasteiger partial charge < -0.3 is 21.5 Å². The zero-order chi connectivity index (χ0) is 19.6. The molecule has 5 N–H and O–H groups in total. The number of aliphatic imine (C=N–C) groups is 1. The lowest BCUT2D eigenvalue weighted by Gasteiger charge is -2.10. The smallest absolute Gasteiger partial charge is 0.251 e. The monoisotopic (exact) mass is 368 g/mol. The maximum Gasteiger partial charge on any atom is 0.251 e. The summed E-state index contributed by atoms with van der Waals surface area (Å²) in [5, 5.41) is 14.5. The number of carbonyl (C=O) groups is 1. The summed E-state index contributed by atoms with van der Waals surface area (Å²) in [5.41, 5.74) is 9.21. The average Bonchev–Trinajstić information content (AvgIpc) is 2.69. The second kappa shape index (κ2) is 10.0. The third kappa shape index (κ3) is 5.61. The van der Waals surface area contributed by atoms with E-state index in [2.05, 4.69) is 25.6 Å². The Morgan fingerprint density at radius 2 is 2.07 bits per heavy atom. The lowest BCUT2D eigenvalue weighted by atomic mass is 10.1. The van der Waals surface area contributed by atoms with Gasteiger partial charge in [-0.05, 0) is 31.0 Å². The largest absolute Gasteiger partial charge is 0.403 e. The Kier molecular flexibility index (Phi) is 7.45. The predicted octanol–water partition coefficient (Wildman–Crippen LogP) is 1.48. The molecule has 2 rings (SSSR count). The molecule has 1 amide bonds. The maximum absolute atomic E-state index is 12.0. The van der Waals surface area contributed by atoms with Gasteiger partial charge in [-0.3, -0.25) is 9.79 Å². The molecule has 0 unspecified atom stereocenters. The summed E-state index contributed by atoms with van der Waals surface area (Å²) in [6.07, 6.45) is 5.21. The number of aliphatic hydroxyl groups excluding tert-OH is 1. The van der Waals surface area contributed by atoms with Crippen molar-refractivity contribution in [2.75, 3.05) is 25.5 Å². The van der Waals surface area contributed by atoms with Crippen molar-refractivity contribution in [2.45, 2.75) is 13.3 Å². The van der Waals surface area contributed by atoms with E-state index in [9.17, 15) is 4.79 Å². The van der Waals surface area contributed by atoms with Crippen molar-refractivity contribution in [2.24, 2.45) is 10.7 Å². The molecule has 0 saturated heterocycles. The lowest BCUT2D eigenvalue weighted by Crippen LogP contribution is -2.24. The molecule has 0 aliphatic rings. The molecule has 2 aromatic rings. The Morgan fingerprint density at radius 1 is 1.33 bits per heavy atom. The van der Waals surface area contributed by atoms with Crippen LogP contribution in [0.1, 0.15) is 22.3 Å². The number of hydrogen-bond donors (Lipinski definition) is 4. The van der Waals surface area contributed by atoms with Gasteiger partial charge in [-0.25, -0.2) is 9.97 Å². The lowest BCUT2D eigenvalue weighted by molar-refractivity contribution is 0.0951. The third-order valence-corrected chi connectivity index (χ3v) is 3.72. The number of rotatable bonds is 8. The summed E-state index contributed by atoms with van der Waals surface area (Å²) in [5.74, 6) is 0.228. The number of nitrogens with one attached hydrogen (secondary N) is 2. The van der Waals surface area contributed by atoms with Crippen LogP contribution in [-0.4, -0.2) is 47.4 Å². The number of nitrogens with two attached hydrogens (primary N) is 1. The minimum absolute atomic E-state index is 0.0493. The number of allylic oxidation sites excluding steroid dienone is 1. The van der Waals surface area contributed by atoms with Crippen LogP contribution >= 0.6 is 0 Å². The van der Waals surface area contributed by atoms with Gasteiger partial charge >= 0.3 is 0 Å². The maximum atomic E-state index is 12.0. The summed E-state index contributed by atoms with van der Waals surface area (Å²) in [6, 6.07) is 7.17. The number of benzene rings is 1. The van der Waals surface area contributed by atoms with Gasteiger partial charge in [-0.2, -0.15) is 0 Å². The Morgan fingerprint density at radius 3 is 2.70 bits per heavy atom. The minimum Gasteiger partial charge on any atom is -0.403 e. The van der Waals surface area contributed by atoms with E-state index in [0.29, 0.717) is 30.2 Å². The second-order valence-corrected chi connectivity index (χ2v) is 5.77. The van der Waals surface area contributed by atoms with Gasteiger partial charge in [0.2, 0.25) is 5.95 Å². The van der Waals surface area contributed by atoms with Crippen LogP contribution in [0.4, 0.5) is 5.95 Å². The molecule has 1 aromatic carbocycles. The van der Waals surface area contributed by atoms with E-state index >= 15 is 0 Å². The van der Waals surface area contributed by atoms with Crippen molar-refractivity contribution in [1.82, 2.24) is 15.3 Å². The number of aryl methyl sites for hydroxylation is 1. The molecule has 1 aromatic heterocycles. The molecule has 0 radical (unpaired) electrons. The molecule has 0 fully saturated rings. The van der Waals surface area contributed by atoms with Crippen molar-refractivity contribution in [3.63, 3.8) is 0 Å². The van der Waals surface area contributed by atoms with E-state index in [0.717, 1.165) is 16.8 Å². The number of aromatic nitrogens is 2. The predicted molar refractivity (Wildman–Crippen MR) is 107 cm³/mol. The molecule has 8 nitrogen and oxygen atoms in total. The van der Waals surface area contributed by atoms with Crippen LogP contribution < -0.4 is 16.4 Å². The van der Waals surface area contributed by atoms with Crippen LogP contribution in [0.25, 0.3) is 11.3 Å². The van der Waals surface area contributed by atoms with Gasteiger partial charge in [0.05, 0.1) is 11.4 Å². The molecule has 8 heteroatoms. The fourth-order valence-electron chi connectivity index (χ4n) is 2.34. The summed E-state index contributed by atoms with van der Waals surface area (Å²) < 4.78 is 0. The molecule has 0 aliphatic carbocycles. The van der Waals surface area contributed by atoms with Gasteiger partial charge in [0.1, 0.15) is 0 Å².